The molecule has 0 radical (unpaired) electrons. The van der Waals surface area contributed by atoms with Crippen LogP contribution in [0.1, 0.15) is 11.9 Å². The fourth-order valence-electron chi connectivity index (χ4n) is 2.70. The third-order valence-electron chi connectivity index (χ3n) is 4.03. The van der Waals surface area contributed by atoms with Gasteiger partial charge in [-0.2, -0.15) is 4.31 Å². The number of amides is 2. The van der Waals surface area contributed by atoms with Crippen LogP contribution in [0.3, 0.4) is 0 Å². The van der Waals surface area contributed by atoms with Crippen LogP contribution in [0, 0.1) is 6.92 Å². The third kappa shape index (κ3) is 4.97. The van der Waals surface area contributed by atoms with Gasteiger partial charge in [0.1, 0.15) is 0 Å². The van der Waals surface area contributed by atoms with Crippen LogP contribution in [0.25, 0.3) is 10.2 Å². The quantitative estimate of drug-likeness (QED) is 0.623. The summed E-state index contributed by atoms with van der Waals surface area (Å²) in [6.45, 7) is 2.94. The SMILES string of the molecule is CC(=O)Nc1ccc(S(=O)(=O)N(C)CC(=O)Nc2ccc3nc(C)sc3c2)cc1. The van der Waals surface area contributed by atoms with Crippen molar-refractivity contribution in [2.45, 2.75) is 18.7 Å². The number of hydrogen-bond acceptors (Lipinski definition) is 6. The molecule has 2 amide bonds. The number of rotatable bonds is 6. The normalized spacial score (nSPS) is 11.6. The largest absolute Gasteiger partial charge is 0.326 e. The Bertz CT molecular complexity index is 1170. The van der Waals surface area contributed by atoms with Crippen molar-refractivity contribution in [2.24, 2.45) is 0 Å². The molecular formula is C19H20N4O4S2. The van der Waals surface area contributed by atoms with Crippen LogP contribution in [0.4, 0.5) is 11.4 Å². The number of carbonyl (C=O) groups excluding carboxylic acids is 2. The standard InChI is InChI=1S/C19H20N4O4S2/c1-12(24)20-14-4-7-16(8-5-14)29(26,27)23(3)11-19(25)22-15-6-9-17-18(10-15)28-13(2)21-17/h4-10H,11H2,1-3H3,(H,20,24)(H,22,25). The second-order valence-corrected chi connectivity index (χ2v) is 9.71. The molecule has 0 saturated carbocycles. The Morgan fingerprint density at radius 1 is 1.07 bits per heavy atom. The third-order valence-corrected chi connectivity index (χ3v) is 6.78. The Labute approximate surface area is 172 Å². The monoisotopic (exact) mass is 432 g/mol. The van der Waals surface area contributed by atoms with E-state index in [1.54, 1.807) is 6.07 Å². The van der Waals surface area contributed by atoms with Crippen molar-refractivity contribution in [3.05, 3.63) is 47.5 Å². The van der Waals surface area contributed by atoms with Gasteiger partial charge in [-0.3, -0.25) is 9.59 Å². The molecule has 0 spiro atoms. The lowest BCUT2D eigenvalue weighted by Crippen LogP contribution is -2.34. The first-order valence-electron chi connectivity index (χ1n) is 8.66. The predicted octanol–water partition coefficient (Wildman–Crippen LogP) is 2.82. The number of hydrogen-bond donors (Lipinski definition) is 2. The number of likely N-dealkylation sites (N-methyl/N-ethyl adjacent to an activating group) is 1. The summed E-state index contributed by atoms with van der Waals surface area (Å²) in [5.41, 5.74) is 1.93. The maximum Gasteiger partial charge on any atom is 0.243 e. The van der Waals surface area contributed by atoms with E-state index in [1.165, 1.54) is 49.6 Å². The van der Waals surface area contributed by atoms with Gasteiger partial charge in [0.25, 0.3) is 0 Å². The number of aryl methyl sites for hydroxylation is 1. The van der Waals surface area contributed by atoms with E-state index < -0.39 is 15.9 Å². The number of aromatic nitrogens is 1. The lowest BCUT2D eigenvalue weighted by molar-refractivity contribution is -0.116. The van der Waals surface area contributed by atoms with Crippen molar-refractivity contribution in [3.8, 4) is 0 Å². The van der Waals surface area contributed by atoms with Crippen molar-refractivity contribution in [1.82, 2.24) is 9.29 Å². The highest BCUT2D eigenvalue weighted by Gasteiger charge is 2.23. The highest BCUT2D eigenvalue weighted by atomic mass is 32.2. The fourth-order valence-corrected chi connectivity index (χ4v) is 4.69. The zero-order valence-corrected chi connectivity index (χ0v) is 17.7. The van der Waals surface area contributed by atoms with Gasteiger partial charge >= 0.3 is 0 Å². The average Bonchev–Trinajstić information content (AvgIpc) is 3.00. The summed E-state index contributed by atoms with van der Waals surface area (Å²) in [6.07, 6.45) is 0. The van der Waals surface area contributed by atoms with Gasteiger partial charge in [0, 0.05) is 25.3 Å². The molecule has 1 aromatic heterocycles. The zero-order valence-electron chi connectivity index (χ0n) is 16.1. The molecule has 1 heterocycles. The molecule has 0 aliphatic rings. The molecule has 0 atom stereocenters. The summed E-state index contributed by atoms with van der Waals surface area (Å²) in [6, 6.07) is 11.1. The molecule has 3 aromatic rings. The van der Waals surface area contributed by atoms with Gasteiger partial charge < -0.3 is 10.6 Å². The average molecular weight is 433 g/mol. The fraction of sp³-hybridized carbons (Fsp3) is 0.211. The lowest BCUT2D eigenvalue weighted by Gasteiger charge is -2.17. The molecule has 0 bridgehead atoms. The maximum absolute atomic E-state index is 12.7. The molecule has 3 rings (SSSR count). The van der Waals surface area contributed by atoms with E-state index in [2.05, 4.69) is 15.6 Å². The molecule has 2 aromatic carbocycles. The van der Waals surface area contributed by atoms with Gasteiger partial charge in [-0.15, -0.1) is 11.3 Å². The van der Waals surface area contributed by atoms with E-state index >= 15 is 0 Å². The first-order chi connectivity index (χ1) is 13.6. The van der Waals surface area contributed by atoms with Crippen LogP contribution in [0.2, 0.25) is 0 Å². The minimum absolute atomic E-state index is 0.0310. The number of benzene rings is 2. The number of nitrogens with zero attached hydrogens (tertiary/aromatic N) is 2. The second-order valence-electron chi connectivity index (χ2n) is 6.43. The molecule has 0 fully saturated rings. The summed E-state index contributed by atoms with van der Waals surface area (Å²) in [5.74, 6) is -0.701. The smallest absolute Gasteiger partial charge is 0.243 e. The maximum atomic E-state index is 12.7. The Morgan fingerprint density at radius 3 is 2.38 bits per heavy atom. The van der Waals surface area contributed by atoms with Crippen LogP contribution < -0.4 is 10.6 Å². The summed E-state index contributed by atoms with van der Waals surface area (Å²) in [4.78, 5) is 27.8. The van der Waals surface area contributed by atoms with E-state index in [0.717, 1.165) is 19.5 Å². The minimum atomic E-state index is -3.85. The van der Waals surface area contributed by atoms with Crippen molar-refractivity contribution in [2.75, 3.05) is 24.2 Å². The highest BCUT2D eigenvalue weighted by Crippen LogP contribution is 2.25. The molecule has 2 N–H and O–H groups in total. The van der Waals surface area contributed by atoms with E-state index in [4.69, 9.17) is 0 Å². The van der Waals surface area contributed by atoms with E-state index in [-0.39, 0.29) is 17.3 Å². The van der Waals surface area contributed by atoms with Gasteiger partial charge in [0.05, 0.1) is 26.7 Å². The number of anilines is 2. The Balaban J connectivity index is 1.67. The second kappa shape index (κ2) is 8.27. The number of sulfonamides is 1. The number of thiazole rings is 1. The van der Waals surface area contributed by atoms with Crippen LogP contribution in [0.15, 0.2) is 47.4 Å². The molecule has 152 valence electrons. The molecule has 10 heteroatoms. The van der Waals surface area contributed by atoms with Gasteiger partial charge in [-0.05, 0) is 49.4 Å². The Hall–Kier alpha value is -2.82. The van der Waals surface area contributed by atoms with Crippen molar-refractivity contribution >= 4 is 54.8 Å². The summed E-state index contributed by atoms with van der Waals surface area (Å²) in [7, 11) is -2.51. The Morgan fingerprint density at radius 2 is 1.72 bits per heavy atom. The minimum Gasteiger partial charge on any atom is -0.326 e. The zero-order chi connectivity index (χ0) is 21.2. The first kappa shape index (κ1) is 20.9. The molecule has 8 nitrogen and oxygen atoms in total. The van der Waals surface area contributed by atoms with Gasteiger partial charge in [-0.1, -0.05) is 0 Å². The number of fused-ring (bicyclic) bond motifs is 1. The molecule has 0 saturated heterocycles. The van der Waals surface area contributed by atoms with E-state index in [1.807, 2.05) is 19.1 Å². The van der Waals surface area contributed by atoms with E-state index in [9.17, 15) is 18.0 Å². The predicted molar refractivity (Wildman–Crippen MR) is 114 cm³/mol. The highest BCUT2D eigenvalue weighted by molar-refractivity contribution is 7.89. The van der Waals surface area contributed by atoms with Crippen LogP contribution >= 0.6 is 11.3 Å². The summed E-state index contributed by atoms with van der Waals surface area (Å²) in [5, 5.41) is 6.22. The van der Waals surface area contributed by atoms with Gasteiger partial charge in [0.2, 0.25) is 21.8 Å². The molecular weight excluding hydrogens is 412 g/mol. The first-order valence-corrected chi connectivity index (χ1v) is 10.9. The number of carbonyl (C=O) groups is 2. The Kier molecular flexibility index (Phi) is 5.96. The lowest BCUT2D eigenvalue weighted by atomic mass is 10.3. The van der Waals surface area contributed by atoms with Crippen molar-refractivity contribution < 1.29 is 18.0 Å². The van der Waals surface area contributed by atoms with Crippen LogP contribution in [-0.2, 0) is 19.6 Å². The summed E-state index contributed by atoms with van der Waals surface area (Å²) >= 11 is 1.52. The van der Waals surface area contributed by atoms with Crippen LogP contribution in [-0.4, -0.2) is 43.1 Å². The number of nitrogens with one attached hydrogen (secondary N) is 2. The summed E-state index contributed by atoms with van der Waals surface area (Å²) < 4.78 is 27.3. The van der Waals surface area contributed by atoms with Gasteiger partial charge in [0.15, 0.2) is 0 Å². The molecule has 0 unspecified atom stereocenters. The van der Waals surface area contributed by atoms with Gasteiger partial charge in [-0.25, -0.2) is 13.4 Å². The van der Waals surface area contributed by atoms with E-state index in [0.29, 0.717) is 11.4 Å². The van der Waals surface area contributed by atoms with Crippen molar-refractivity contribution in [1.29, 1.82) is 0 Å². The van der Waals surface area contributed by atoms with Crippen LogP contribution in [0.5, 0.6) is 0 Å². The van der Waals surface area contributed by atoms with Crippen molar-refractivity contribution in [3.63, 3.8) is 0 Å². The molecule has 0 aliphatic heterocycles. The topological polar surface area (TPSA) is 108 Å². The molecule has 0 aliphatic carbocycles. The molecule has 29 heavy (non-hydrogen) atoms.